The van der Waals surface area contributed by atoms with Gasteiger partial charge in [-0.05, 0) is 47.1 Å². The van der Waals surface area contributed by atoms with Gasteiger partial charge in [-0.15, -0.1) is 0 Å². The Balaban J connectivity index is 2.38. The quantitative estimate of drug-likeness (QED) is 0.498. The second-order valence-corrected chi connectivity index (χ2v) is 5.08. The topological polar surface area (TPSA) is 55.1 Å². The van der Waals surface area contributed by atoms with Gasteiger partial charge in [0.25, 0.3) is 0 Å². The highest BCUT2D eigenvalue weighted by molar-refractivity contribution is 9.10. The Bertz CT molecular complexity index is 689. The first-order chi connectivity index (χ1) is 9.38. The number of carbonyl (C=O) groups excluding carboxylic acids is 1. The highest BCUT2D eigenvalue weighted by atomic mass is 79.9. The molecule has 0 aliphatic carbocycles. The first-order valence-corrected chi connectivity index (χ1v) is 6.50. The van der Waals surface area contributed by atoms with Gasteiger partial charge < -0.3 is 11.1 Å². The lowest BCUT2D eigenvalue weighted by molar-refractivity contribution is 0.101. The molecule has 0 amide bonds. The van der Waals surface area contributed by atoms with Crippen molar-refractivity contribution in [3.05, 3.63) is 52.0 Å². The van der Waals surface area contributed by atoms with Crippen molar-refractivity contribution >= 4 is 38.8 Å². The van der Waals surface area contributed by atoms with E-state index >= 15 is 0 Å². The highest BCUT2D eigenvalue weighted by Crippen LogP contribution is 2.27. The van der Waals surface area contributed by atoms with Crippen molar-refractivity contribution in [2.75, 3.05) is 11.1 Å². The monoisotopic (exact) mass is 340 g/mol. The van der Waals surface area contributed by atoms with E-state index in [1.165, 1.54) is 19.1 Å². The van der Waals surface area contributed by atoms with Crippen LogP contribution in [-0.4, -0.2) is 5.78 Å². The molecule has 0 aliphatic heterocycles. The molecule has 0 atom stereocenters. The van der Waals surface area contributed by atoms with Crippen LogP contribution in [0.3, 0.4) is 0 Å². The van der Waals surface area contributed by atoms with Crippen LogP contribution in [0.25, 0.3) is 0 Å². The smallest absolute Gasteiger partial charge is 0.161 e. The van der Waals surface area contributed by atoms with Crippen LogP contribution in [0.4, 0.5) is 25.8 Å². The molecule has 0 aromatic heterocycles. The maximum atomic E-state index is 13.7. The maximum Gasteiger partial charge on any atom is 0.161 e. The molecule has 0 radical (unpaired) electrons. The summed E-state index contributed by atoms with van der Waals surface area (Å²) < 4.78 is 27.2. The minimum Gasteiger partial charge on any atom is -0.398 e. The summed E-state index contributed by atoms with van der Waals surface area (Å²) in [4.78, 5) is 11.4. The molecule has 0 fully saturated rings. The largest absolute Gasteiger partial charge is 0.398 e. The number of anilines is 3. The van der Waals surface area contributed by atoms with Gasteiger partial charge >= 0.3 is 0 Å². The number of nitrogens with one attached hydrogen (secondary N) is 1. The molecule has 0 spiro atoms. The van der Waals surface area contributed by atoms with E-state index in [9.17, 15) is 13.6 Å². The van der Waals surface area contributed by atoms with Crippen molar-refractivity contribution in [3.8, 4) is 0 Å². The minimum atomic E-state index is -0.612. The van der Waals surface area contributed by atoms with Crippen LogP contribution >= 0.6 is 15.9 Å². The molecule has 0 heterocycles. The Morgan fingerprint density at radius 3 is 2.55 bits per heavy atom. The standard InChI is InChI=1S/C14H11BrF2N2O/c1-7(20)9-4-8(2-3-13(9)18)19-14-6-11(16)10(15)5-12(14)17/h2-6,19H,18H2,1H3. The van der Waals surface area contributed by atoms with Crippen molar-refractivity contribution < 1.29 is 13.6 Å². The van der Waals surface area contributed by atoms with E-state index < -0.39 is 11.6 Å². The summed E-state index contributed by atoms with van der Waals surface area (Å²) in [5, 5.41) is 2.72. The van der Waals surface area contributed by atoms with E-state index in [4.69, 9.17) is 5.73 Å². The summed E-state index contributed by atoms with van der Waals surface area (Å²) in [5.41, 5.74) is 6.76. The molecule has 0 bridgehead atoms. The molecule has 2 aromatic carbocycles. The van der Waals surface area contributed by atoms with Crippen molar-refractivity contribution in [1.29, 1.82) is 0 Å². The first-order valence-electron chi connectivity index (χ1n) is 5.70. The first kappa shape index (κ1) is 14.5. The summed E-state index contributed by atoms with van der Waals surface area (Å²) in [6, 6.07) is 6.68. The summed E-state index contributed by atoms with van der Waals surface area (Å²) in [5.74, 6) is -1.40. The van der Waals surface area contributed by atoms with Crippen LogP contribution in [0.5, 0.6) is 0 Å². The molecule has 20 heavy (non-hydrogen) atoms. The highest BCUT2D eigenvalue weighted by Gasteiger charge is 2.10. The zero-order valence-corrected chi connectivity index (χ0v) is 12.1. The Morgan fingerprint density at radius 1 is 1.20 bits per heavy atom. The fraction of sp³-hybridized carbons (Fsp3) is 0.0714. The third kappa shape index (κ3) is 2.96. The maximum absolute atomic E-state index is 13.7. The van der Waals surface area contributed by atoms with Crippen LogP contribution in [0.2, 0.25) is 0 Å². The van der Waals surface area contributed by atoms with E-state index in [0.717, 1.165) is 12.1 Å². The Morgan fingerprint density at radius 2 is 1.90 bits per heavy atom. The molecule has 6 heteroatoms. The molecule has 2 aromatic rings. The molecule has 104 valence electrons. The Labute approximate surface area is 122 Å². The number of halogens is 3. The molecular formula is C14H11BrF2N2O. The second kappa shape index (κ2) is 5.58. The van der Waals surface area contributed by atoms with Crippen molar-refractivity contribution in [1.82, 2.24) is 0 Å². The predicted octanol–water partition coefficient (Wildman–Crippen LogP) is 4.26. The number of hydrogen-bond acceptors (Lipinski definition) is 3. The number of benzene rings is 2. The minimum absolute atomic E-state index is 0.0232. The summed E-state index contributed by atoms with van der Waals surface area (Å²) in [6.07, 6.45) is 0. The zero-order chi connectivity index (χ0) is 14.9. The number of hydrogen-bond donors (Lipinski definition) is 2. The van der Waals surface area contributed by atoms with Gasteiger partial charge in [-0.2, -0.15) is 0 Å². The Hall–Kier alpha value is -1.95. The third-order valence-corrected chi connectivity index (χ3v) is 3.33. The average Bonchev–Trinajstić information content (AvgIpc) is 2.37. The molecule has 0 unspecified atom stereocenters. The molecule has 3 N–H and O–H groups in total. The van der Waals surface area contributed by atoms with Gasteiger partial charge in [0.2, 0.25) is 0 Å². The number of Topliss-reactive ketones (excluding diaryl/α,β-unsaturated/α-hetero) is 1. The second-order valence-electron chi connectivity index (χ2n) is 4.23. The predicted molar refractivity (Wildman–Crippen MR) is 78.2 cm³/mol. The van der Waals surface area contributed by atoms with Gasteiger partial charge in [0.05, 0.1) is 10.2 Å². The van der Waals surface area contributed by atoms with Gasteiger partial charge in [0.1, 0.15) is 11.6 Å². The van der Waals surface area contributed by atoms with Gasteiger partial charge in [-0.3, -0.25) is 4.79 Å². The van der Waals surface area contributed by atoms with E-state index in [1.807, 2.05) is 0 Å². The van der Waals surface area contributed by atoms with E-state index in [0.29, 0.717) is 16.9 Å². The van der Waals surface area contributed by atoms with Gasteiger partial charge in [0, 0.05) is 23.0 Å². The molecule has 0 aliphatic rings. The van der Waals surface area contributed by atoms with Gasteiger partial charge in [0.15, 0.2) is 5.78 Å². The number of ketones is 1. The molecular weight excluding hydrogens is 330 g/mol. The zero-order valence-electron chi connectivity index (χ0n) is 10.5. The van der Waals surface area contributed by atoms with Crippen LogP contribution in [0.15, 0.2) is 34.8 Å². The number of nitrogens with two attached hydrogens (primary N) is 1. The van der Waals surface area contributed by atoms with Crippen molar-refractivity contribution in [2.24, 2.45) is 0 Å². The van der Waals surface area contributed by atoms with Crippen molar-refractivity contribution in [3.63, 3.8) is 0 Å². The van der Waals surface area contributed by atoms with Gasteiger partial charge in [-0.25, -0.2) is 8.78 Å². The summed E-state index contributed by atoms with van der Waals surface area (Å²) >= 11 is 2.90. The Kier molecular flexibility index (Phi) is 4.04. The lowest BCUT2D eigenvalue weighted by Crippen LogP contribution is -2.02. The number of rotatable bonds is 3. The normalized spacial score (nSPS) is 10.4. The van der Waals surface area contributed by atoms with Crippen LogP contribution in [-0.2, 0) is 0 Å². The fourth-order valence-electron chi connectivity index (χ4n) is 1.71. The molecule has 0 saturated carbocycles. The van der Waals surface area contributed by atoms with Crippen LogP contribution in [0, 0.1) is 11.6 Å². The summed E-state index contributed by atoms with van der Waals surface area (Å²) in [7, 11) is 0. The van der Waals surface area contributed by atoms with Crippen molar-refractivity contribution in [2.45, 2.75) is 6.92 Å². The van der Waals surface area contributed by atoms with E-state index in [2.05, 4.69) is 21.2 Å². The average molecular weight is 341 g/mol. The summed E-state index contributed by atoms with van der Waals surface area (Å²) in [6.45, 7) is 1.38. The molecule has 2 rings (SSSR count). The van der Waals surface area contributed by atoms with E-state index in [-0.39, 0.29) is 15.9 Å². The fourth-order valence-corrected chi connectivity index (χ4v) is 2.03. The lowest BCUT2D eigenvalue weighted by Gasteiger charge is -2.10. The SMILES string of the molecule is CC(=O)c1cc(Nc2cc(F)c(Br)cc2F)ccc1N. The van der Waals surface area contributed by atoms with Crippen LogP contribution in [0.1, 0.15) is 17.3 Å². The third-order valence-electron chi connectivity index (χ3n) is 2.72. The number of carbonyl (C=O) groups is 1. The lowest BCUT2D eigenvalue weighted by atomic mass is 10.1. The van der Waals surface area contributed by atoms with Gasteiger partial charge in [-0.1, -0.05) is 0 Å². The molecule has 3 nitrogen and oxygen atoms in total. The molecule has 0 saturated heterocycles. The van der Waals surface area contributed by atoms with E-state index in [1.54, 1.807) is 6.07 Å². The van der Waals surface area contributed by atoms with Crippen LogP contribution < -0.4 is 11.1 Å². The number of nitrogen functional groups attached to an aromatic ring is 1.